The molecule has 6 rings (SSSR count). The third-order valence-corrected chi connectivity index (χ3v) is 18.6. The first-order valence-electron chi connectivity index (χ1n) is 34.6. The van der Waals surface area contributed by atoms with Gasteiger partial charge in [-0.05, 0) is 203 Å². The molecule has 0 aromatic carbocycles. The number of amides is 3. The summed E-state index contributed by atoms with van der Waals surface area (Å²) in [7, 11) is 35.2. The topological polar surface area (TPSA) is 361 Å². The Labute approximate surface area is 750 Å². The fourth-order valence-corrected chi connectivity index (χ4v) is 12.9. The standard InChI is InChI=1S/C16H26N2O3S.C14H22N2O3S.C12H20N2OS.C11H17NOS.C6H6O2S.C4H7BrO2.C4H12N2.C4H8O.CHCl3.CH4O.3ClH.Fe.Na.2H2O/c1-6-21-16(20)11-18(4,5)8-7-17-15(19)10-14-9-12(2)22-13(14)3;1-10-7-12(11(2)20-10)8-13(17)15-5-6-16(3,4)9-14(18)19;1-9-7-11(10(2)16-9)8-12(15)13-5-6-14(3)4;1-12(2)6-3-4-11(13)8-10-5-7-14-9-10;7-6(8)3-5-1-2-9-4-5;1-2-7-4(6)3-5;1-6(2)4-3-5;1-2-4-5-3-1;2-1(3)4;1-2;;;;;;;/h9H,6-8,10-11H2,1-5H3;7H,5-6,8-9H2,1-4H3,(H-,15,17,18,19);7H,5-6,8H2,1-4H3,(H,13,15);5,7,9H,3-4,6,8H2,1-2H3;1-2,4H,3H2,(H,7,8);2-3H2,1H3;3-5H2,1-2H3;1-4H2;1H;2H,1H3;3*1H;;;2*1H2/q;;;;;;;;;;;;;+3;+1;;/p-3. The van der Waals surface area contributed by atoms with Crippen molar-refractivity contribution in [2.45, 2.75) is 117 Å². The van der Waals surface area contributed by atoms with Gasteiger partial charge in [0.25, 0.3) is 0 Å². The fourth-order valence-electron chi connectivity index (χ4n) is 8.60. The van der Waals surface area contributed by atoms with E-state index in [9.17, 15) is 43.5 Å². The number of nitrogens with two attached hydrogens (primary N) is 1. The first-order chi connectivity index (χ1) is 50.9. The number of carboxylic acids is 2. The predicted molar refractivity (Wildman–Crippen MR) is 463 cm³/mol. The molecule has 5 aromatic rings. The molecule has 6 heterocycles. The Morgan fingerprint density at radius 1 is 0.616 bits per heavy atom. The van der Waals surface area contributed by atoms with Gasteiger partial charge in [-0.25, -0.2) is 4.79 Å². The monoisotopic (exact) mass is 1910 g/mol. The van der Waals surface area contributed by atoms with E-state index in [0.29, 0.717) is 105 Å². The number of aliphatic hydroxyl groups excluding tert-OH is 1. The summed E-state index contributed by atoms with van der Waals surface area (Å²) < 4.78 is 14.4. The molecular formula is C73H127BrCl6FeN9NaO16S5+. The number of aliphatic hydroxyl groups is 1. The van der Waals surface area contributed by atoms with Gasteiger partial charge < -0.3 is 90.6 Å². The zero-order chi connectivity index (χ0) is 84.7. The van der Waals surface area contributed by atoms with E-state index in [4.69, 9.17) is 90.5 Å². The van der Waals surface area contributed by atoms with Gasteiger partial charge in [-0.2, -0.15) is 22.7 Å². The third-order valence-electron chi connectivity index (χ3n) is 13.7. The van der Waals surface area contributed by atoms with E-state index >= 15 is 0 Å². The Balaban J connectivity index is -0.000000186. The van der Waals surface area contributed by atoms with Gasteiger partial charge in [-0.3, -0.25) is 28.8 Å². The molecule has 0 bridgehead atoms. The molecule has 1 aliphatic rings. The first kappa shape index (κ1) is 125. The molecule has 0 spiro atoms. The number of halogens is 7. The minimum absolute atomic E-state index is 0. The minimum Gasteiger partial charge on any atom is -0.870 e. The van der Waals surface area contributed by atoms with Gasteiger partial charge in [0.1, 0.15) is 17.7 Å². The molecular weight excluding hydrogens is 1790 g/mol. The Kier molecular flexibility index (Phi) is 88.1. The van der Waals surface area contributed by atoms with Crippen molar-refractivity contribution in [1.82, 2.24) is 30.7 Å². The number of rotatable bonds is 32. The van der Waals surface area contributed by atoms with Crippen LogP contribution in [0.5, 0.6) is 0 Å². The number of aryl methyl sites for hydroxylation is 6. The van der Waals surface area contributed by atoms with E-state index in [-0.39, 0.29) is 83.1 Å². The zero-order valence-electron chi connectivity index (χ0n) is 69.0. The Hall–Kier alpha value is -2.20. The van der Waals surface area contributed by atoms with Crippen LogP contribution in [0.15, 0.2) is 51.9 Å². The van der Waals surface area contributed by atoms with Gasteiger partial charge in [-0.1, -0.05) is 50.7 Å². The number of likely N-dealkylation sites (N-methyl/N-ethyl adjacent to an activating group) is 4. The van der Waals surface area contributed by atoms with Gasteiger partial charge in [0.15, 0.2) is 10.8 Å². The quantitative estimate of drug-likeness (QED) is 0.0104. The number of hydrogen-bond donors (Lipinski definition) is 6. The molecule has 39 heteroatoms. The van der Waals surface area contributed by atoms with Crippen LogP contribution in [-0.4, -0.2) is 278 Å². The molecule has 112 heavy (non-hydrogen) atoms. The summed E-state index contributed by atoms with van der Waals surface area (Å²) in [6.07, 6.45) is 6.28. The van der Waals surface area contributed by atoms with E-state index < -0.39 is 27.4 Å². The van der Waals surface area contributed by atoms with Crippen molar-refractivity contribution in [3.8, 4) is 0 Å². The fraction of sp³-hybridized carbons (Fsp3) is 0.616. The molecule has 10 N–H and O–H groups in total. The predicted octanol–water partition coefficient (Wildman–Crippen LogP) is 7.59. The molecule has 1 saturated heterocycles. The smallest absolute Gasteiger partial charge is 0.870 e. The number of carbonyl (C=O) groups is 8. The third kappa shape index (κ3) is 85.7. The number of carbonyl (C=O) groups excluding carboxylic acids is 7. The molecule has 1 aliphatic heterocycles. The summed E-state index contributed by atoms with van der Waals surface area (Å²) in [5.41, 5.74) is 10.5. The molecule has 647 valence electrons. The van der Waals surface area contributed by atoms with Gasteiger partial charge >= 0.3 is 88.9 Å². The maximum Gasteiger partial charge on any atom is 1.00 e. The summed E-state index contributed by atoms with van der Waals surface area (Å²) in [5, 5.41) is 42.6. The normalized spacial score (nSPS) is 10.8. The van der Waals surface area contributed by atoms with Crippen molar-refractivity contribution >= 4 is 185 Å². The molecule has 25 nitrogen and oxygen atoms in total. The van der Waals surface area contributed by atoms with Gasteiger partial charge in [0, 0.05) is 88.6 Å². The number of carboxylic acid groups (broad SMARTS) is 2. The second-order valence-corrected chi connectivity index (χ2v) is 39.7. The average Bonchev–Trinajstić information content (AvgIpc) is 1.74. The van der Waals surface area contributed by atoms with E-state index in [0.717, 1.165) is 80.7 Å². The largest absolute Gasteiger partial charge is 1.00 e. The maximum absolute atomic E-state index is 12.0. The van der Waals surface area contributed by atoms with Crippen LogP contribution in [0.25, 0.3) is 0 Å². The van der Waals surface area contributed by atoms with Crippen molar-refractivity contribution in [3.05, 3.63) is 109 Å². The van der Waals surface area contributed by atoms with Gasteiger partial charge in [-0.15, -0.1) is 34.0 Å². The van der Waals surface area contributed by atoms with Crippen LogP contribution < -0.4 is 56.3 Å². The van der Waals surface area contributed by atoms with E-state index in [1.165, 1.54) is 53.4 Å². The summed E-state index contributed by atoms with van der Waals surface area (Å²) in [6, 6.07) is 10.1. The second-order valence-electron chi connectivity index (χ2n) is 25.7. The van der Waals surface area contributed by atoms with Crippen molar-refractivity contribution in [2.75, 3.05) is 181 Å². The van der Waals surface area contributed by atoms with Crippen molar-refractivity contribution in [1.29, 1.82) is 0 Å². The van der Waals surface area contributed by atoms with Crippen LogP contribution in [-0.2, 0) is 95.8 Å². The summed E-state index contributed by atoms with van der Waals surface area (Å²) in [5.74, 6) is -1.80. The van der Waals surface area contributed by atoms with E-state index in [2.05, 4.69) is 84.2 Å². The number of nitrogens with one attached hydrogen (secondary N) is 3. The minimum atomic E-state index is -1.33. The number of hydrogen-bond acceptors (Lipinski definition) is 23. The van der Waals surface area contributed by atoms with E-state index in [1.807, 2.05) is 117 Å². The van der Waals surface area contributed by atoms with Crippen LogP contribution in [0.3, 0.4) is 0 Å². The number of ketones is 1. The summed E-state index contributed by atoms with van der Waals surface area (Å²) in [6.45, 7) is 25.6. The zero-order valence-corrected chi connectivity index (χ0v) is 82.4. The van der Waals surface area contributed by atoms with Crippen LogP contribution in [0.4, 0.5) is 0 Å². The van der Waals surface area contributed by atoms with Crippen molar-refractivity contribution in [3.63, 3.8) is 0 Å². The second kappa shape index (κ2) is 78.6. The number of quaternary nitrogens is 2. The van der Waals surface area contributed by atoms with Gasteiger partial charge in [0.05, 0.1) is 99.2 Å². The molecule has 0 aliphatic carbocycles. The summed E-state index contributed by atoms with van der Waals surface area (Å²) in [4.78, 5) is 103. The van der Waals surface area contributed by atoms with E-state index in [1.54, 1.807) is 73.3 Å². The van der Waals surface area contributed by atoms with Crippen molar-refractivity contribution in [2.24, 2.45) is 5.73 Å². The molecule has 0 atom stereocenters. The average molecular weight is 1920 g/mol. The SMILES string of the molecule is C1CCOC1.CCOC(=O)CBr.CCOC(=O)C[N+](C)(C)CCNC(=O)Cc1cc(C)sc1C.CN(C)CCCC(=O)Cc1ccsc1.CN(C)CCN.CO.Cc1cc(CC(=O)NCCN(C)C)c(C)s1.Cc1cc(CC(=O)NCC[N+](C)(C)CC(=O)[O-])c(C)s1.ClC(Cl)Cl.O.O=C(O)Cc1ccsc1.[Cl][Fe]([Cl])[Cl].[Na+].[OH-]. The molecule has 0 saturated carbocycles. The Morgan fingerprint density at radius 2 is 0.964 bits per heavy atom. The summed E-state index contributed by atoms with van der Waals surface area (Å²) >= 11 is 24.4. The molecule has 1 fully saturated rings. The first-order valence-corrected chi connectivity index (χ1v) is 46.0. The van der Waals surface area contributed by atoms with Crippen LogP contribution in [0, 0.1) is 41.5 Å². The molecule has 0 radical (unpaired) electrons. The number of thiophene rings is 5. The number of ether oxygens (including phenoxy) is 3. The Bertz CT molecular complexity index is 3160. The number of alkyl halides is 4. The van der Waals surface area contributed by atoms with Crippen LogP contribution >= 0.6 is 138 Å². The number of aliphatic carboxylic acids is 2. The molecule has 5 aromatic heterocycles. The van der Waals surface area contributed by atoms with Crippen LogP contribution in [0.1, 0.15) is 96.6 Å². The maximum atomic E-state index is 12.0. The molecule has 3 amide bonds. The Morgan fingerprint density at radius 3 is 1.22 bits per heavy atom. The molecule has 0 unspecified atom stereocenters. The number of esters is 2. The van der Waals surface area contributed by atoms with Crippen molar-refractivity contribution < 1.29 is 129 Å². The number of nitrogens with zero attached hydrogens (tertiary/aromatic N) is 5. The van der Waals surface area contributed by atoms with Crippen LogP contribution in [0.2, 0.25) is 0 Å². The van der Waals surface area contributed by atoms with Gasteiger partial charge in [0.2, 0.25) is 17.7 Å². The number of Topliss-reactive ketones (excluding diaryl/α,β-unsaturated/α-hetero) is 1.